The van der Waals surface area contributed by atoms with E-state index < -0.39 is 5.91 Å². The van der Waals surface area contributed by atoms with Gasteiger partial charge in [0.25, 0.3) is 5.91 Å². The summed E-state index contributed by atoms with van der Waals surface area (Å²) in [6.07, 6.45) is 4.77. The molecule has 23 heavy (non-hydrogen) atoms. The minimum absolute atomic E-state index is 0.00982. The molecule has 0 unspecified atom stereocenters. The number of rotatable bonds is 4. The van der Waals surface area contributed by atoms with Gasteiger partial charge in [-0.25, -0.2) is 14.5 Å². The highest BCUT2D eigenvalue weighted by Crippen LogP contribution is 2.20. The maximum Gasteiger partial charge on any atom is 0.317 e. The lowest BCUT2D eigenvalue weighted by molar-refractivity contribution is 0.0989. The van der Waals surface area contributed by atoms with E-state index in [1.54, 1.807) is 28.0 Å². The van der Waals surface area contributed by atoms with Gasteiger partial charge in [0, 0.05) is 13.1 Å². The van der Waals surface area contributed by atoms with Gasteiger partial charge in [-0.1, -0.05) is 0 Å². The zero-order valence-corrected chi connectivity index (χ0v) is 12.5. The Hall–Kier alpha value is -2.84. The van der Waals surface area contributed by atoms with Crippen LogP contribution in [-0.4, -0.2) is 44.7 Å². The fourth-order valence-electron chi connectivity index (χ4n) is 2.61. The molecule has 1 saturated heterocycles. The molecule has 0 aromatic carbocycles. The number of piperidine rings is 1. The molecule has 3 amide bonds. The molecule has 9 nitrogen and oxygen atoms in total. The van der Waals surface area contributed by atoms with Crippen LogP contribution in [0.4, 0.5) is 4.79 Å². The van der Waals surface area contributed by atoms with Gasteiger partial charge in [-0.2, -0.15) is 0 Å². The summed E-state index contributed by atoms with van der Waals surface area (Å²) in [5, 5.41) is 6.90. The maximum absolute atomic E-state index is 12.2. The number of carbonyl (C=O) groups is 2. The highest BCUT2D eigenvalue weighted by Gasteiger charge is 2.26. The summed E-state index contributed by atoms with van der Waals surface area (Å²) in [5.41, 5.74) is 5.16. The standard InChI is InChI=1S/C14H18N6O3/c15-12(21)13-17-9-20(18-13)10-3-1-5-19(8-10)14(22)16-7-11-4-2-6-23-11/h2,4,6,9-10H,1,3,5,7-8H2,(H2,15,21)(H,16,22)/t10-/m0/s1. The molecule has 122 valence electrons. The Bertz CT molecular complexity index is 681. The van der Waals surface area contributed by atoms with Crippen molar-refractivity contribution in [3.8, 4) is 0 Å². The number of hydrogen-bond donors (Lipinski definition) is 2. The predicted octanol–water partition coefficient (Wildman–Crippen LogP) is 0.517. The average molecular weight is 318 g/mol. The largest absolute Gasteiger partial charge is 0.467 e. The van der Waals surface area contributed by atoms with Crippen molar-refractivity contribution in [2.75, 3.05) is 13.1 Å². The number of aromatic nitrogens is 3. The van der Waals surface area contributed by atoms with Gasteiger partial charge >= 0.3 is 6.03 Å². The molecule has 3 rings (SSSR count). The second-order valence-electron chi connectivity index (χ2n) is 5.39. The third-order valence-electron chi connectivity index (χ3n) is 3.78. The Morgan fingerprint density at radius 3 is 3.04 bits per heavy atom. The monoisotopic (exact) mass is 318 g/mol. The molecule has 3 N–H and O–H groups in total. The minimum Gasteiger partial charge on any atom is -0.467 e. The minimum atomic E-state index is -0.660. The molecule has 0 aliphatic carbocycles. The first kappa shape index (κ1) is 15.1. The van der Waals surface area contributed by atoms with Crippen LogP contribution in [0.3, 0.4) is 0 Å². The fraction of sp³-hybridized carbons (Fsp3) is 0.429. The summed E-state index contributed by atoms with van der Waals surface area (Å²) in [6, 6.07) is 3.42. The zero-order chi connectivity index (χ0) is 16.2. The van der Waals surface area contributed by atoms with E-state index in [4.69, 9.17) is 10.2 Å². The van der Waals surface area contributed by atoms with Crippen molar-refractivity contribution in [3.63, 3.8) is 0 Å². The van der Waals surface area contributed by atoms with Crippen LogP contribution in [0.2, 0.25) is 0 Å². The van der Waals surface area contributed by atoms with Crippen molar-refractivity contribution >= 4 is 11.9 Å². The third kappa shape index (κ3) is 3.50. The Labute approximate surface area is 132 Å². The Morgan fingerprint density at radius 2 is 2.35 bits per heavy atom. The van der Waals surface area contributed by atoms with Gasteiger partial charge in [-0.15, -0.1) is 5.10 Å². The van der Waals surface area contributed by atoms with Crippen LogP contribution in [0.5, 0.6) is 0 Å². The van der Waals surface area contributed by atoms with Crippen LogP contribution in [0.25, 0.3) is 0 Å². The molecular weight excluding hydrogens is 300 g/mol. The number of furan rings is 1. The van der Waals surface area contributed by atoms with Crippen molar-refractivity contribution in [3.05, 3.63) is 36.3 Å². The number of likely N-dealkylation sites (tertiary alicyclic amines) is 1. The number of carbonyl (C=O) groups excluding carboxylic acids is 2. The number of urea groups is 1. The SMILES string of the molecule is NC(=O)c1ncn([C@H]2CCCN(C(=O)NCc3ccco3)C2)n1. The van der Waals surface area contributed by atoms with Crippen molar-refractivity contribution in [1.29, 1.82) is 0 Å². The highest BCUT2D eigenvalue weighted by molar-refractivity contribution is 5.88. The first-order valence-electron chi connectivity index (χ1n) is 7.39. The quantitative estimate of drug-likeness (QED) is 0.851. The lowest BCUT2D eigenvalue weighted by atomic mass is 10.1. The lowest BCUT2D eigenvalue weighted by Gasteiger charge is -2.32. The van der Waals surface area contributed by atoms with Gasteiger partial charge in [-0.3, -0.25) is 4.79 Å². The Kier molecular flexibility index (Phi) is 4.26. The smallest absolute Gasteiger partial charge is 0.317 e. The number of primary amides is 1. The van der Waals surface area contributed by atoms with Crippen LogP contribution in [0, 0.1) is 0 Å². The summed E-state index contributed by atoms with van der Waals surface area (Å²) in [7, 11) is 0. The van der Waals surface area contributed by atoms with E-state index >= 15 is 0 Å². The highest BCUT2D eigenvalue weighted by atomic mass is 16.3. The summed E-state index contributed by atoms with van der Waals surface area (Å²) in [6.45, 7) is 1.53. The number of nitrogens with one attached hydrogen (secondary N) is 1. The van der Waals surface area contributed by atoms with Gasteiger partial charge < -0.3 is 20.4 Å². The van der Waals surface area contributed by atoms with Gasteiger partial charge in [0.2, 0.25) is 5.82 Å². The van der Waals surface area contributed by atoms with Crippen molar-refractivity contribution in [2.24, 2.45) is 5.73 Å². The van der Waals surface area contributed by atoms with E-state index in [2.05, 4.69) is 15.4 Å². The molecule has 1 aliphatic heterocycles. The van der Waals surface area contributed by atoms with Crippen LogP contribution in [0.1, 0.15) is 35.3 Å². The van der Waals surface area contributed by atoms with Crippen LogP contribution in [-0.2, 0) is 6.54 Å². The molecule has 0 spiro atoms. The second kappa shape index (κ2) is 6.51. The maximum atomic E-state index is 12.2. The van der Waals surface area contributed by atoms with Gasteiger partial charge in [-0.05, 0) is 25.0 Å². The van der Waals surface area contributed by atoms with Crippen molar-refractivity contribution in [2.45, 2.75) is 25.4 Å². The van der Waals surface area contributed by atoms with E-state index in [1.165, 1.54) is 6.33 Å². The van der Waals surface area contributed by atoms with Crippen LogP contribution >= 0.6 is 0 Å². The number of amides is 3. The first-order valence-corrected chi connectivity index (χ1v) is 7.39. The van der Waals surface area contributed by atoms with E-state index in [9.17, 15) is 9.59 Å². The van der Waals surface area contributed by atoms with Gasteiger partial charge in [0.05, 0.1) is 18.8 Å². The third-order valence-corrected chi connectivity index (χ3v) is 3.78. The normalized spacial score (nSPS) is 17.9. The number of nitrogens with two attached hydrogens (primary N) is 1. The molecule has 2 aromatic rings. The fourth-order valence-corrected chi connectivity index (χ4v) is 2.61. The second-order valence-corrected chi connectivity index (χ2v) is 5.39. The number of hydrogen-bond acceptors (Lipinski definition) is 5. The van der Waals surface area contributed by atoms with Crippen LogP contribution < -0.4 is 11.1 Å². The molecule has 2 aromatic heterocycles. The molecule has 1 fully saturated rings. The molecule has 9 heteroatoms. The first-order chi connectivity index (χ1) is 11.1. The lowest BCUT2D eigenvalue weighted by Crippen LogP contribution is -2.45. The molecular formula is C14H18N6O3. The Balaban J connectivity index is 1.58. The number of nitrogens with zero attached hydrogens (tertiary/aromatic N) is 4. The summed E-state index contributed by atoms with van der Waals surface area (Å²) in [4.78, 5) is 28.9. The zero-order valence-electron chi connectivity index (χ0n) is 12.5. The molecule has 1 aliphatic rings. The van der Waals surface area contributed by atoms with E-state index in [-0.39, 0.29) is 17.9 Å². The van der Waals surface area contributed by atoms with Crippen LogP contribution in [0.15, 0.2) is 29.1 Å². The molecule has 1 atom stereocenters. The van der Waals surface area contributed by atoms with E-state index in [0.29, 0.717) is 25.4 Å². The summed E-state index contributed by atoms with van der Waals surface area (Å²) >= 11 is 0. The molecule has 0 saturated carbocycles. The van der Waals surface area contributed by atoms with E-state index in [0.717, 1.165) is 12.8 Å². The summed E-state index contributed by atoms with van der Waals surface area (Å²) < 4.78 is 6.79. The van der Waals surface area contributed by atoms with E-state index in [1.807, 2.05) is 0 Å². The van der Waals surface area contributed by atoms with Crippen molar-refractivity contribution in [1.82, 2.24) is 25.0 Å². The molecule has 3 heterocycles. The molecule has 0 radical (unpaired) electrons. The predicted molar refractivity (Wildman–Crippen MR) is 79.3 cm³/mol. The Morgan fingerprint density at radius 1 is 1.48 bits per heavy atom. The van der Waals surface area contributed by atoms with Gasteiger partial charge in [0.15, 0.2) is 0 Å². The summed E-state index contributed by atoms with van der Waals surface area (Å²) in [5.74, 6) is 0.0336. The van der Waals surface area contributed by atoms with Gasteiger partial charge in [0.1, 0.15) is 12.1 Å². The van der Waals surface area contributed by atoms with Crippen molar-refractivity contribution < 1.29 is 14.0 Å². The molecule has 0 bridgehead atoms. The average Bonchev–Trinajstić information content (AvgIpc) is 3.24. The topological polar surface area (TPSA) is 119 Å².